The largest absolute Gasteiger partial charge is 0.359 e. The highest BCUT2D eigenvalue weighted by Gasteiger charge is 2.41. The Bertz CT molecular complexity index is 959. The average molecular weight is 401 g/mol. The highest BCUT2D eigenvalue weighted by molar-refractivity contribution is 5.83. The highest BCUT2D eigenvalue weighted by atomic mass is 16.2. The van der Waals surface area contributed by atoms with Crippen LogP contribution in [0.4, 0.5) is 0 Å². The fourth-order valence-electron chi connectivity index (χ4n) is 4.54. The molecular formula is C25H28N4O. The summed E-state index contributed by atoms with van der Waals surface area (Å²) in [6.45, 7) is 2.59. The Kier molecular flexibility index (Phi) is 6.19. The van der Waals surface area contributed by atoms with Crippen molar-refractivity contribution in [2.45, 2.75) is 25.8 Å². The van der Waals surface area contributed by atoms with Crippen molar-refractivity contribution in [3.63, 3.8) is 0 Å². The molecule has 1 aliphatic rings. The normalized spacial score (nSPS) is 19.4. The van der Waals surface area contributed by atoms with Gasteiger partial charge in [0.25, 0.3) is 0 Å². The number of piperidine rings is 1. The van der Waals surface area contributed by atoms with Crippen molar-refractivity contribution in [3.8, 4) is 11.1 Å². The molecule has 1 aromatic carbocycles. The zero-order valence-corrected chi connectivity index (χ0v) is 17.4. The molecule has 3 heterocycles. The third-order valence-electron chi connectivity index (χ3n) is 6.00. The van der Waals surface area contributed by atoms with Crippen LogP contribution in [0.5, 0.6) is 0 Å². The number of nitrogens with one attached hydrogen (secondary N) is 1. The molecule has 1 aliphatic heterocycles. The predicted molar refractivity (Wildman–Crippen MR) is 119 cm³/mol. The van der Waals surface area contributed by atoms with Crippen molar-refractivity contribution < 1.29 is 4.79 Å². The van der Waals surface area contributed by atoms with Gasteiger partial charge in [-0.25, -0.2) is 0 Å². The molecule has 0 saturated carbocycles. The first-order chi connectivity index (χ1) is 14.7. The van der Waals surface area contributed by atoms with E-state index in [2.05, 4.69) is 50.5 Å². The summed E-state index contributed by atoms with van der Waals surface area (Å²) >= 11 is 0. The molecule has 154 valence electrons. The zero-order valence-electron chi connectivity index (χ0n) is 17.4. The van der Waals surface area contributed by atoms with Crippen LogP contribution in [0.15, 0.2) is 73.3 Å². The van der Waals surface area contributed by atoms with E-state index in [4.69, 9.17) is 0 Å². The SMILES string of the molecule is CNC(=O)C1(Cc2ccc(-c3ccncc3)cc2)CCCN(Cc2cccnc2)C1. The molecule has 1 atom stereocenters. The first kappa shape index (κ1) is 20.2. The maximum atomic E-state index is 13.0. The summed E-state index contributed by atoms with van der Waals surface area (Å²) in [4.78, 5) is 23.7. The Hall–Kier alpha value is -3.05. The van der Waals surface area contributed by atoms with Gasteiger partial charge >= 0.3 is 0 Å². The van der Waals surface area contributed by atoms with Crippen molar-refractivity contribution >= 4 is 5.91 Å². The third-order valence-corrected chi connectivity index (χ3v) is 6.00. The number of carbonyl (C=O) groups excluding carboxylic acids is 1. The lowest BCUT2D eigenvalue weighted by Gasteiger charge is -2.41. The number of carbonyl (C=O) groups is 1. The van der Waals surface area contributed by atoms with Gasteiger partial charge in [-0.05, 0) is 66.3 Å². The number of nitrogens with zero attached hydrogens (tertiary/aromatic N) is 3. The van der Waals surface area contributed by atoms with E-state index in [1.54, 1.807) is 13.2 Å². The number of rotatable bonds is 6. The van der Waals surface area contributed by atoms with Crippen LogP contribution in [0.25, 0.3) is 11.1 Å². The lowest BCUT2D eigenvalue weighted by Crippen LogP contribution is -2.52. The molecule has 0 aliphatic carbocycles. The van der Waals surface area contributed by atoms with Gasteiger partial charge in [0.15, 0.2) is 0 Å². The van der Waals surface area contributed by atoms with Crippen LogP contribution in [-0.4, -0.2) is 40.9 Å². The molecule has 3 aromatic rings. The monoisotopic (exact) mass is 400 g/mol. The molecular weight excluding hydrogens is 372 g/mol. The number of hydrogen-bond donors (Lipinski definition) is 1. The highest BCUT2D eigenvalue weighted by Crippen LogP contribution is 2.35. The topological polar surface area (TPSA) is 58.1 Å². The fraction of sp³-hybridized carbons (Fsp3) is 0.320. The minimum absolute atomic E-state index is 0.136. The zero-order chi connectivity index (χ0) is 20.8. The van der Waals surface area contributed by atoms with Crippen LogP contribution >= 0.6 is 0 Å². The molecule has 5 nitrogen and oxygen atoms in total. The summed E-state index contributed by atoms with van der Waals surface area (Å²) in [5.74, 6) is 0.136. The van der Waals surface area contributed by atoms with Gasteiger partial charge in [-0.2, -0.15) is 0 Å². The van der Waals surface area contributed by atoms with Crippen LogP contribution in [-0.2, 0) is 17.8 Å². The van der Waals surface area contributed by atoms with Crippen molar-refractivity contribution in [2.24, 2.45) is 5.41 Å². The van der Waals surface area contributed by atoms with Gasteiger partial charge in [-0.1, -0.05) is 30.3 Å². The fourth-order valence-corrected chi connectivity index (χ4v) is 4.54. The van der Waals surface area contributed by atoms with E-state index >= 15 is 0 Å². The van der Waals surface area contributed by atoms with Crippen molar-refractivity contribution in [1.82, 2.24) is 20.2 Å². The predicted octanol–water partition coefficient (Wildman–Crippen LogP) is 3.71. The number of amides is 1. The summed E-state index contributed by atoms with van der Waals surface area (Å²) < 4.78 is 0. The standard InChI is InChI=1S/C25H28N4O/c1-26-24(30)25(11-3-15-29(19-25)18-21-4-2-12-28-17-21)16-20-5-7-22(8-6-20)23-9-13-27-14-10-23/h2,4-10,12-14,17H,3,11,15-16,18-19H2,1H3,(H,26,30). The molecule has 5 heteroatoms. The minimum atomic E-state index is -0.409. The molecule has 1 fully saturated rings. The molecule has 1 saturated heterocycles. The van der Waals surface area contributed by atoms with Gasteiger partial charge in [0.05, 0.1) is 5.41 Å². The van der Waals surface area contributed by atoms with E-state index in [1.807, 2.05) is 36.8 Å². The van der Waals surface area contributed by atoms with Gasteiger partial charge in [0.2, 0.25) is 5.91 Å². The summed E-state index contributed by atoms with van der Waals surface area (Å²) in [7, 11) is 1.75. The van der Waals surface area contributed by atoms with Crippen molar-refractivity contribution in [2.75, 3.05) is 20.1 Å². The lowest BCUT2D eigenvalue weighted by atomic mass is 9.74. The molecule has 0 spiro atoms. The summed E-state index contributed by atoms with van der Waals surface area (Å²) in [6, 6.07) is 16.7. The van der Waals surface area contributed by atoms with Gasteiger partial charge in [-0.3, -0.25) is 19.7 Å². The summed E-state index contributed by atoms with van der Waals surface area (Å²) in [5.41, 5.74) is 4.29. The second-order valence-corrected chi connectivity index (χ2v) is 8.14. The molecule has 4 rings (SSSR count). The molecule has 30 heavy (non-hydrogen) atoms. The van der Waals surface area contributed by atoms with Crippen LogP contribution in [0.3, 0.4) is 0 Å². The van der Waals surface area contributed by atoms with E-state index < -0.39 is 5.41 Å². The van der Waals surface area contributed by atoms with E-state index in [0.29, 0.717) is 0 Å². The first-order valence-electron chi connectivity index (χ1n) is 10.5. The summed E-state index contributed by atoms with van der Waals surface area (Å²) in [6.07, 6.45) is 9.99. The summed E-state index contributed by atoms with van der Waals surface area (Å²) in [5, 5.41) is 2.93. The van der Waals surface area contributed by atoms with Crippen LogP contribution in [0.2, 0.25) is 0 Å². The quantitative estimate of drug-likeness (QED) is 0.685. The second-order valence-electron chi connectivity index (χ2n) is 8.14. The maximum Gasteiger partial charge on any atom is 0.227 e. The Labute approximate surface area is 178 Å². The van der Waals surface area contributed by atoms with Gasteiger partial charge in [-0.15, -0.1) is 0 Å². The number of benzene rings is 1. The number of pyridine rings is 2. The Morgan fingerprint density at radius 1 is 1.00 bits per heavy atom. The molecule has 1 unspecified atom stereocenters. The molecule has 0 radical (unpaired) electrons. The minimum Gasteiger partial charge on any atom is -0.359 e. The molecule has 2 aromatic heterocycles. The Morgan fingerprint density at radius 2 is 1.77 bits per heavy atom. The van der Waals surface area contributed by atoms with Crippen LogP contribution in [0.1, 0.15) is 24.0 Å². The maximum absolute atomic E-state index is 13.0. The van der Waals surface area contributed by atoms with Gasteiger partial charge < -0.3 is 5.32 Å². The van der Waals surface area contributed by atoms with E-state index in [1.165, 1.54) is 11.1 Å². The molecule has 1 N–H and O–H groups in total. The van der Waals surface area contributed by atoms with E-state index in [9.17, 15) is 4.79 Å². The van der Waals surface area contributed by atoms with Crippen LogP contribution < -0.4 is 5.32 Å². The lowest BCUT2D eigenvalue weighted by molar-refractivity contribution is -0.134. The van der Waals surface area contributed by atoms with E-state index in [0.717, 1.165) is 50.0 Å². The van der Waals surface area contributed by atoms with Gasteiger partial charge in [0.1, 0.15) is 0 Å². The van der Waals surface area contributed by atoms with Gasteiger partial charge in [0, 0.05) is 44.9 Å². The first-order valence-corrected chi connectivity index (χ1v) is 10.5. The second kappa shape index (κ2) is 9.18. The van der Waals surface area contributed by atoms with Crippen molar-refractivity contribution in [1.29, 1.82) is 0 Å². The Morgan fingerprint density at radius 3 is 2.47 bits per heavy atom. The molecule has 1 amide bonds. The van der Waals surface area contributed by atoms with Crippen LogP contribution in [0, 0.1) is 5.41 Å². The number of hydrogen-bond acceptors (Lipinski definition) is 4. The van der Waals surface area contributed by atoms with E-state index in [-0.39, 0.29) is 5.91 Å². The smallest absolute Gasteiger partial charge is 0.227 e. The van der Waals surface area contributed by atoms with Crippen molar-refractivity contribution in [3.05, 3.63) is 84.4 Å². The Balaban J connectivity index is 1.52. The number of aromatic nitrogens is 2. The third kappa shape index (κ3) is 4.57. The number of likely N-dealkylation sites (tertiary alicyclic amines) is 1. The molecule has 0 bridgehead atoms. The average Bonchev–Trinajstić information content (AvgIpc) is 2.80.